The fraction of sp³-hybridized carbons (Fsp3) is 0.304. The van der Waals surface area contributed by atoms with Crippen molar-refractivity contribution in [2.24, 2.45) is 4.99 Å². The summed E-state index contributed by atoms with van der Waals surface area (Å²) in [6.07, 6.45) is 4.81. The second-order valence-electron chi connectivity index (χ2n) is 7.03. The summed E-state index contributed by atoms with van der Waals surface area (Å²) >= 11 is 0. The maximum Gasteiger partial charge on any atom is 0.191 e. The van der Waals surface area contributed by atoms with E-state index in [9.17, 15) is 0 Å². The normalized spacial score (nSPS) is 11.1. The number of aromatic nitrogens is 2. The molecule has 0 saturated carbocycles. The van der Waals surface area contributed by atoms with Crippen LogP contribution >= 0.6 is 24.0 Å². The summed E-state index contributed by atoms with van der Waals surface area (Å²) in [5.41, 5.74) is 3.48. The zero-order chi connectivity index (χ0) is 20.5. The molecule has 7 heteroatoms. The number of nitrogens with one attached hydrogen (secondary N) is 2. The van der Waals surface area contributed by atoms with Crippen LogP contribution in [-0.4, -0.2) is 35.4 Å². The van der Waals surface area contributed by atoms with Crippen molar-refractivity contribution >= 4 is 29.9 Å². The van der Waals surface area contributed by atoms with Gasteiger partial charge in [0.25, 0.3) is 0 Å². The molecule has 0 bridgehead atoms. The monoisotopic (exact) mass is 519 g/mol. The largest absolute Gasteiger partial charge is 0.491 e. The highest BCUT2D eigenvalue weighted by Crippen LogP contribution is 2.14. The second kappa shape index (κ2) is 12.2. The molecule has 0 radical (unpaired) electrons. The number of benzene rings is 2. The van der Waals surface area contributed by atoms with Crippen molar-refractivity contribution in [3.8, 4) is 11.4 Å². The van der Waals surface area contributed by atoms with Gasteiger partial charge in [0.2, 0.25) is 0 Å². The van der Waals surface area contributed by atoms with Crippen molar-refractivity contribution in [2.45, 2.75) is 32.9 Å². The average molecular weight is 519 g/mol. The van der Waals surface area contributed by atoms with Gasteiger partial charge in [-0.2, -0.15) is 5.10 Å². The van der Waals surface area contributed by atoms with Crippen LogP contribution in [0.2, 0.25) is 0 Å². The summed E-state index contributed by atoms with van der Waals surface area (Å²) in [4.78, 5) is 4.30. The van der Waals surface area contributed by atoms with Gasteiger partial charge in [-0.3, -0.25) is 4.99 Å². The number of guanidine groups is 1. The Morgan fingerprint density at radius 1 is 1.07 bits per heavy atom. The number of rotatable bonds is 8. The molecule has 160 valence electrons. The minimum absolute atomic E-state index is 0. The third-order valence-corrected chi connectivity index (χ3v) is 4.37. The van der Waals surface area contributed by atoms with Crippen molar-refractivity contribution in [1.82, 2.24) is 20.4 Å². The van der Waals surface area contributed by atoms with E-state index in [1.165, 1.54) is 5.56 Å². The fourth-order valence-electron chi connectivity index (χ4n) is 2.97. The highest BCUT2D eigenvalue weighted by Gasteiger charge is 2.02. The Hall–Kier alpha value is -2.55. The van der Waals surface area contributed by atoms with Gasteiger partial charge in [-0.05, 0) is 61.7 Å². The van der Waals surface area contributed by atoms with Gasteiger partial charge in [-0.25, -0.2) is 4.68 Å². The van der Waals surface area contributed by atoms with E-state index in [-0.39, 0.29) is 30.1 Å². The predicted octanol–water partition coefficient (Wildman–Crippen LogP) is 4.19. The van der Waals surface area contributed by atoms with Crippen LogP contribution in [0.3, 0.4) is 0 Å². The number of aliphatic imine (C=N–C) groups is 1. The van der Waals surface area contributed by atoms with Crippen LogP contribution in [0.5, 0.6) is 5.75 Å². The average Bonchev–Trinajstić information content (AvgIpc) is 3.26. The van der Waals surface area contributed by atoms with E-state index in [1.54, 1.807) is 13.2 Å². The van der Waals surface area contributed by atoms with Crippen LogP contribution in [0.25, 0.3) is 5.69 Å². The Morgan fingerprint density at radius 2 is 1.87 bits per heavy atom. The number of hydrogen-bond acceptors (Lipinski definition) is 3. The molecule has 0 unspecified atom stereocenters. The van der Waals surface area contributed by atoms with Gasteiger partial charge in [0, 0.05) is 32.5 Å². The Bertz CT molecular complexity index is 908. The Balaban J connectivity index is 0.00000320. The summed E-state index contributed by atoms with van der Waals surface area (Å²) in [6.45, 7) is 5.55. The SMILES string of the molecule is CN=C(NCCc1ccc(-n2cccn2)cc1)NCc1cccc(OC(C)C)c1.I. The van der Waals surface area contributed by atoms with Gasteiger partial charge in [0.15, 0.2) is 5.96 Å². The molecule has 3 aromatic rings. The second-order valence-corrected chi connectivity index (χ2v) is 7.03. The van der Waals surface area contributed by atoms with E-state index >= 15 is 0 Å². The highest BCUT2D eigenvalue weighted by molar-refractivity contribution is 14.0. The molecule has 0 aliphatic carbocycles. The van der Waals surface area contributed by atoms with Gasteiger partial charge in [-0.15, -0.1) is 24.0 Å². The summed E-state index contributed by atoms with van der Waals surface area (Å²) in [6, 6.07) is 18.5. The zero-order valence-electron chi connectivity index (χ0n) is 17.7. The molecule has 0 amide bonds. The lowest BCUT2D eigenvalue weighted by Gasteiger charge is -2.14. The molecule has 1 heterocycles. The maximum atomic E-state index is 5.75. The molecule has 0 aliphatic rings. The van der Waals surface area contributed by atoms with Crippen LogP contribution < -0.4 is 15.4 Å². The Kier molecular flexibility index (Phi) is 9.66. The van der Waals surface area contributed by atoms with E-state index in [4.69, 9.17) is 4.74 Å². The molecular formula is C23H30IN5O. The number of ether oxygens (including phenoxy) is 1. The Morgan fingerprint density at radius 3 is 2.53 bits per heavy atom. The van der Waals surface area contributed by atoms with Gasteiger partial charge < -0.3 is 15.4 Å². The molecule has 2 aromatic carbocycles. The zero-order valence-corrected chi connectivity index (χ0v) is 20.0. The van der Waals surface area contributed by atoms with E-state index in [0.29, 0.717) is 6.54 Å². The van der Waals surface area contributed by atoms with Crippen molar-refractivity contribution in [3.63, 3.8) is 0 Å². The van der Waals surface area contributed by atoms with Crippen molar-refractivity contribution in [2.75, 3.05) is 13.6 Å². The number of halogens is 1. The number of hydrogen-bond donors (Lipinski definition) is 2. The minimum Gasteiger partial charge on any atom is -0.491 e. The summed E-state index contributed by atoms with van der Waals surface area (Å²) in [5.74, 6) is 1.68. The molecule has 6 nitrogen and oxygen atoms in total. The molecule has 0 fully saturated rings. The topological polar surface area (TPSA) is 63.5 Å². The van der Waals surface area contributed by atoms with E-state index in [2.05, 4.69) is 57.1 Å². The highest BCUT2D eigenvalue weighted by atomic mass is 127. The van der Waals surface area contributed by atoms with E-state index in [1.807, 2.05) is 42.9 Å². The molecule has 2 N–H and O–H groups in total. The molecular weight excluding hydrogens is 489 g/mol. The first-order valence-electron chi connectivity index (χ1n) is 9.93. The number of nitrogens with zero attached hydrogens (tertiary/aromatic N) is 3. The lowest BCUT2D eigenvalue weighted by molar-refractivity contribution is 0.242. The fourth-order valence-corrected chi connectivity index (χ4v) is 2.97. The molecule has 0 saturated heterocycles. The molecule has 0 atom stereocenters. The van der Waals surface area contributed by atoms with Gasteiger partial charge in [0.05, 0.1) is 11.8 Å². The van der Waals surface area contributed by atoms with Crippen molar-refractivity contribution in [3.05, 3.63) is 78.1 Å². The minimum atomic E-state index is 0. The maximum absolute atomic E-state index is 5.75. The Labute approximate surface area is 195 Å². The first-order valence-corrected chi connectivity index (χ1v) is 9.93. The summed E-state index contributed by atoms with van der Waals surface area (Å²) in [5, 5.41) is 11.0. The van der Waals surface area contributed by atoms with Crippen molar-refractivity contribution in [1.29, 1.82) is 0 Å². The lowest BCUT2D eigenvalue weighted by Crippen LogP contribution is -2.37. The van der Waals surface area contributed by atoms with E-state index < -0.39 is 0 Å². The first-order chi connectivity index (χ1) is 14.1. The van der Waals surface area contributed by atoms with Gasteiger partial charge in [-0.1, -0.05) is 24.3 Å². The lowest BCUT2D eigenvalue weighted by atomic mass is 10.1. The van der Waals surface area contributed by atoms with E-state index in [0.717, 1.165) is 35.9 Å². The van der Waals surface area contributed by atoms with Crippen LogP contribution in [-0.2, 0) is 13.0 Å². The van der Waals surface area contributed by atoms with Gasteiger partial charge in [0.1, 0.15) is 5.75 Å². The van der Waals surface area contributed by atoms with Gasteiger partial charge >= 0.3 is 0 Å². The summed E-state index contributed by atoms with van der Waals surface area (Å²) < 4.78 is 7.61. The van der Waals surface area contributed by atoms with Crippen molar-refractivity contribution < 1.29 is 4.74 Å². The van der Waals surface area contributed by atoms with Crippen LogP contribution in [0.1, 0.15) is 25.0 Å². The standard InChI is InChI=1S/C23H29N5O.HI/c1-18(2)29-22-7-4-6-20(16-22)17-26-23(24-3)25-14-12-19-8-10-21(11-9-19)28-15-5-13-27-28;/h4-11,13,15-16,18H,12,14,17H2,1-3H3,(H2,24,25,26);1H. The summed E-state index contributed by atoms with van der Waals surface area (Å²) in [7, 11) is 1.78. The third kappa shape index (κ3) is 7.37. The molecule has 3 rings (SSSR count). The van der Waals surface area contributed by atoms with Crippen LogP contribution in [0.15, 0.2) is 72.0 Å². The molecule has 1 aromatic heterocycles. The molecule has 0 aliphatic heterocycles. The first kappa shape index (κ1) is 23.7. The third-order valence-electron chi connectivity index (χ3n) is 4.37. The van der Waals surface area contributed by atoms with Crippen LogP contribution in [0.4, 0.5) is 0 Å². The smallest absolute Gasteiger partial charge is 0.191 e. The molecule has 30 heavy (non-hydrogen) atoms. The molecule has 0 spiro atoms. The van der Waals surface area contributed by atoms with Crippen LogP contribution in [0, 0.1) is 0 Å². The quantitative estimate of drug-likeness (QED) is 0.266. The predicted molar refractivity (Wildman–Crippen MR) is 133 cm³/mol.